The van der Waals surface area contributed by atoms with Gasteiger partial charge >= 0.3 is 0 Å². The number of benzene rings is 3. The van der Waals surface area contributed by atoms with Crippen molar-refractivity contribution in [3.8, 4) is 0 Å². The standard InChI is InChI=1S/C25H26N4O4/c1-33-15-14-26-24(31)19-10-12-20(13-11-19)27-17-23(30)28-21-8-5-9-22(16-21)29-25(32)18-6-3-2-4-7-18/h2-13,16,27H,14-15,17H2,1H3,(H,26,31)(H,28,30)(H,29,32). The summed E-state index contributed by atoms with van der Waals surface area (Å²) in [5.74, 6) is -0.657. The van der Waals surface area contributed by atoms with Gasteiger partial charge in [-0.05, 0) is 54.6 Å². The fourth-order valence-corrected chi connectivity index (χ4v) is 2.96. The van der Waals surface area contributed by atoms with Crippen LogP contribution in [0.1, 0.15) is 20.7 Å². The van der Waals surface area contributed by atoms with E-state index in [1.807, 2.05) is 6.07 Å². The van der Waals surface area contributed by atoms with E-state index >= 15 is 0 Å². The Morgan fingerprint density at radius 3 is 2.09 bits per heavy atom. The number of hydrogen-bond acceptors (Lipinski definition) is 5. The Morgan fingerprint density at radius 1 is 0.727 bits per heavy atom. The number of hydrogen-bond donors (Lipinski definition) is 4. The maximum atomic E-state index is 12.3. The van der Waals surface area contributed by atoms with Crippen molar-refractivity contribution in [3.63, 3.8) is 0 Å². The van der Waals surface area contributed by atoms with Crippen LogP contribution in [-0.4, -0.2) is 44.5 Å². The molecule has 8 heteroatoms. The Morgan fingerprint density at radius 2 is 1.39 bits per heavy atom. The van der Waals surface area contributed by atoms with E-state index in [1.54, 1.807) is 79.9 Å². The molecule has 0 saturated carbocycles. The molecule has 8 nitrogen and oxygen atoms in total. The summed E-state index contributed by atoms with van der Waals surface area (Å²) in [4.78, 5) is 36.6. The molecule has 0 saturated heterocycles. The van der Waals surface area contributed by atoms with Crippen molar-refractivity contribution in [3.05, 3.63) is 90.0 Å². The molecule has 0 spiro atoms. The van der Waals surface area contributed by atoms with Gasteiger partial charge in [0.15, 0.2) is 0 Å². The highest BCUT2D eigenvalue weighted by Crippen LogP contribution is 2.16. The minimum absolute atomic E-state index is 0.0417. The van der Waals surface area contributed by atoms with Gasteiger partial charge in [-0.25, -0.2) is 0 Å². The van der Waals surface area contributed by atoms with Gasteiger partial charge in [-0.3, -0.25) is 14.4 Å². The Balaban J connectivity index is 1.48. The van der Waals surface area contributed by atoms with Crippen LogP contribution in [0.3, 0.4) is 0 Å². The van der Waals surface area contributed by atoms with Crippen molar-refractivity contribution in [2.24, 2.45) is 0 Å². The van der Waals surface area contributed by atoms with Crippen LogP contribution in [0.2, 0.25) is 0 Å². The molecule has 3 aromatic carbocycles. The first-order chi connectivity index (χ1) is 16.0. The largest absolute Gasteiger partial charge is 0.383 e. The van der Waals surface area contributed by atoms with Crippen LogP contribution in [-0.2, 0) is 9.53 Å². The van der Waals surface area contributed by atoms with E-state index in [2.05, 4.69) is 21.3 Å². The minimum Gasteiger partial charge on any atom is -0.383 e. The maximum Gasteiger partial charge on any atom is 0.255 e. The van der Waals surface area contributed by atoms with E-state index in [9.17, 15) is 14.4 Å². The lowest BCUT2D eigenvalue weighted by Crippen LogP contribution is -2.26. The summed E-state index contributed by atoms with van der Waals surface area (Å²) >= 11 is 0. The van der Waals surface area contributed by atoms with Gasteiger partial charge in [0.05, 0.1) is 13.2 Å². The highest BCUT2D eigenvalue weighted by atomic mass is 16.5. The van der Waals surface area contributed by atoms with E-state index in [0.717, 1.165) is 0 Å². The molecular weight excluding hydrogens is 420 g/mol. The predicted molar refractivity (Wildman–Crippen MR) is 129 cm³/mol. The molecule has 0 aliphatic rings. The first-order valence-corrected chi connectivity index (χ1v) is 10.4. The Kier molecular flexibility index (Phi) is 8.55. The SMILES string of the molecule is COCCNC(=O)c1ccc(NCC(=O)Nc2cccc(NC(=O)c3ccccc3)c2)cc1. The summed E-state index contributed by atoms with van der Waals surface area (Å²) in [5.41, 5.74) is 2.93. The lowest BCUT2D eigenvalue weighted by atomic mass is 10.2. The van der Waals surface area contributed by atoms with Crippen LogP contribution < -0.4 is 21.3 Å². The van der Waals surface area contributed by atoms with Gasteiger partial charge in [-0.15, -0.1) is 0 Å². The molecule has 0 aliphatic heterocycles. The molecule has 3 aromatic rings. The summed E-state index contributed by atoms with van der Waals surface area (Å²) in [6.45, 7) is 0.926. The van der Waals surface area contributed by atoms with Gasteiger partial charge in [0.2, 0.25) is 5.91 Å². The molecule has 0 aliphatic carbocycles. The van der Waals surface area contributed by atoms with Crippen LogP contribution >= 0.6 is 0 Å². The maximum absolute atomic E-state index is 12.3. The first kappa shape index (κ1) is 23.5. The zero-order valence-electron chi connectivity index (χ0n) is 18.3. The monoisotopic (exact) mass is 446 g/mol. The third-order valence-corrected chi connectivity index (χ3v) is 4.63. The smallest absolute Gasteiger partial charge is 0.255 e. The van der Waals surface area contributed by atoms with Gasteiger partial charge in [-0.2, -0.15) is 0 Å². The molecule has 170 valence electrons. The highest BCUT2D eigenvalue weighted by Gasteiger charge is 2.08. The molecule has 4 N–H and O–H groups in total. The number of carbonyl (C=O) groups is 3. The van der Waals surface area contributed by atoms with Gasteiger partial charge in [0.1, 0.15) is 0 Å². The number of ether oxygens (including phenoxy) is 1. The summed E-state index contributed by atoms with van der Waals surface area (Å²) in [6.07, 6.45) is 0. The molecule has 3 rings (SSSR count). The average molecular weight is 447 g/mol. The first-order valence-electron chi connectivity index (χ1n) is 10.4. The van der Waals surface area contributed by atoms with Crippen LogP contribution in [0.4, 0.5) is 17.1 Å². The summed E-state index contributed by atoms with van der Waals surface area (Å²) in [5, 5.41) is 11.4. The zero-order chi connectivity index (χ0) is 23.5. The van der Waals surface area contributed by atoms with Crippen LogP contribution in [0.15, 0.2) is 78.9 Å². The zero-order valence-corrected chi connectivity index (χ0v) is 18.3. The second-order valence-corrected chi connectivity index (χ2v) is 7.13. The van der Waals surface area contributed by atoms with Crippen LogP contribution in [0, 0.1) is 0 Å². The normalized spacial score (nSPS) is 10.2. The fourth-order valence-electron chi connectivity index (χ4n) is 2.96. The molecule has 0 aromatic heterocycles. The van der Waals surface area contributed by atoms with Gasteiger partial charge in [0, 0.05) is 41.8 Å². The van der Waals surface area contributed by atoms with Gasteiger partial charge < -0.3 is 26.0 Å². The Hall–Kier alpha value is -4.17. The molecule has 0 bridgehead atoms. The van der Waals surface area contributed by atoms with Crippen molar-refractivity contribution in [2.75, 3.05) is 42.8 Å². The number of rotatable bonds is 10. The lowest BCUT2D eigenvalue weighted by Gasteiger charge is -2.10. The van der Waals surface area contributed by atoms with E-state index in [1.165, 1.54) is 0 Å². The second-order valence-electron chi connectivity index (χ2n) is 7.13. The summed E-state index contributed by atoms with van der Waals surface area (Å²) < 4.78 is 4.90. The molecule has 0 fully saturated rings. The van der Waals surface area contributed by atoms with Crippen molar-refractivity contribution < 1.29 is 19.1 Å². The lowest BCUT2D eigenvalue weighted by molar-refractivity contribution is -0.114. The summed E-state index contributed by atoms with van der Waals surface area (Å²) in [7, 11) is 1.57. The predicted octanol–water partition coefficient (Wildman–Crippen LogP) is 3.37. The van der Waals surface area contributed by atoms with E-state index in [-0.39, 0.29) is 24.3 Å². The number of amides is 3. The molecule has 0 unspecified atom stereocenters. The van der Waals surface area contributed by atoms with Crippen molar-refractivity contribution >= 4 is 34.8 Å². The van der Waals surface area contributed by atoms with Crippen LogP contribution in [0.25, 0.3) is 0 Å². The second kappa shape index (κ2) is 12.0. The highest BCUT2D eigenvalue weighted by molar-refractivity contribution is 6.04. The van der Waals surface area contributed by atoms with Crippen molar-refractivity contribution in [1.82, 2.24) is 5.32 Å². The van der Waals surface area contributed by atoms with Gasteiger partial charge in [0.25, 0.3) is 11.8 Å². The molecular formula is C25H26N4O4. The third kappa shape index (κ3) is 7.48. The minimum atomic E-state index is -0.247. The van der Waals surface area contributed by atoms with E-state index in [4.69, 9.17) is 4.74 Å². The molecule has 3 amide bonds. The molecule has 0 atom stereocenters. The molecule has 0 heterocycles. The van der Waals surface area contributed by atoms with Crippen LogP contribution in [0.5, 0.6) is 0 Å². The van der Waals surface area contributed by atoms with Crippen molar-refractivity contribution in [1.29, 1.82) is 0 Å². The van der Waals surface area contributed by atoms with Gasteiger partial charge in [-0.1, -0.05) is 24.3 Å². The summed E-state index contributed by atoms with van der Waals surface area (Å²) in [6, 6.07) is 22.7. The number of nitrogens with one attached hydrogen (secondary N) is 4. The molecule has 33 heavy (non-hydrogen) atoms. The molecule has 0 radical (unpaired) electrons. The Bertz CT molecular complexity index is 1090. The topological polar surface area (TPSA) is 109 Å². The quantitative estimate of drug-likeness (QED) is 0.357. The average Bonchev–Trinajstić information content (AvgIpc) is 2.84. The van der Waals surface area contributed by atoms with Crippen molar-refractivity contribution in [2.45, 2.75) is 0 Å². The van der Waals surface area contributed by atoms with E-state index in [0.29, 0.717) is 41.3 Å². The number of methoxy groups -OCH3 is 1. The third-order valence-electron chi connectivity index (χ3n) is 4.63. The number of carbonyl (C=O) groups excluding carboxylic acids is 3. The fraction of sp³-hybridized carbons (Fsp3) is 0.160. The van der Waals surface area contributed by atoms with E-state index < -0.39 is 0 Å². The number of anilines is 3. The Labute approximate surface area is 192 Å².